The molecule has 9 nitrogen and oxygen atoms in total. The Bertz CT molecular complexity index is 1130. The average molecular weight is 465 g/mol. The van der Waals surface area contributed by atoms with Crippen molar-refractivity contribution in [3.05, 3.63) is 83.2 Å². The van der Waals surface area contributed by atoms with Crippen molar-refractivity contribution in [2.24, 2.45) is 4.99 Å². The predicted molar refractivity (Wildman–Crippen MR) is 127 cm³/mol. The molecule has 0 spiro atoms. The second-order valence-electron chi connectivity index (χ2n) is 7.36. The van der Waals surface area contributed by atoms with E-state index in [-0.39, 0.29) is 6.54 Å². The zero-order valence-corrected chi connectivity index (χ0v) is 18.7. The number of allylic oxidation sites excluding steroid dienone is 1. The highest BCUT2D eigenvalue weighted by molar-refractivity contribution is 7.93. The summed E-state index contributed by atoms with van der Waals surface area (Å²) >= 11 is -1.42. The van der Waals surface area contributed by atoms with Gasteiger partial charge in [-0.05, 0) is 48.4 Å². The standard InChI is InChI=1S/C23H24N6O3S/c30-23(31)15-25-22-6-1-4-19(27-22)17-28(33(32)21-5-2-11-24-14-21)16-18-7-9-20(10-8-18)29-13-3-12-26-29/h1,3-10,12-14H,2,11,15-17H2,(H,25,27)(H,30,31). The Morgan fingerprint density at radius 1 is 1.18 bits per heavy atom. The van der Waals surface area contributed by atoms with E-state index >= 15 is 0 Å². The number of rotatable bonds is 10. The topological polar surface area (TPSA) is 119 Å². The van der Waals surface area contributed by atoms with Crippen LogP contribution in [0, 0.1) is 0 Å². The smallest absolute Gasteiger partial charge is 0.322 e. The Labute approximate surface area is 194 Å². The molecule has 1 aliphatic heterocycles. The minimum atomic E-state index is -1.42. The molecule has 0 bridgehead atoms. The summed E-state index contributed by atoms with van der Waals surface area (Å²) < 4.78 is 17.0. The molecule has 0 aliphatic carbocycles. The van der Waals surface area contributed by atoms with E-state index in [1.54, 1.807) is 29.2 Å². The van der Waals surface area contributed by atoms with E-state index in [0.29, 0.717) is 36.1 Å². The van der Waals surface area contributed by atoms with Gasteiger partial charge in [-0.2, -0.15) is 5.10 Å². The van der Waals surface area contributed by atoms with Gasteiger partial charge in [0.15, 0.2) is 4.91 Å². The van der Waals surface area contributed by atoms with Crippen LogP contribution < -0.4 is 5.32 Å². The van der Waals surface area contributed by atoms with Gasteiger partial charge >= 0.3 is 5.97 Å². The minimum absolute atomic E-state index is 0.224. The van der Waals surface area contributed by atoms with Crippen molar-refractivity contribution < 1.29 is 14.5 Å². The summed E-state index contributed by atoms with van der Waals surface area (Å²) in [6, 6.07) is 15.1. The van der Waals surface area contributed by atoms with Gasteiger partial charge in [-0.1, -0.05) is 18.2 Å². The molecule has 0 saturated carbocycles. The summed E-state index contributed by atoms with van der Waals surface area (Å²) in [5, 5.41) is 15.9. The van der Waals surface area contributed by atoms with E-state index in [2.05, 4.69) is 20.4 Å². The fourth-order valence-electron chi connectivity index (χ4n) is 3.32. The third-order valence-corrected chi connectivity index (χ3v) is 6.29. The number of aliphatic imine (C=N–C) groups is 1. The van der Waals surface area contributed by atoms with Crippen molar-refractivity contribution >= 4 is 29.4 Å². The van der Waals surface area contributed by atoms with E-state index in [4.69, 9.17) is 5.11 Å². The van der Waals surface area contributed by atoms with Gasteiger partial charge in [0.05, 0.1) is 42.0 Å². The number of carbonyl (C=O) groups is 1. The van der Waals surface area contributed by atoms with Gasteiger partial charge in [-0.15, -0.1) is 4.31 Å². The first-order chi connectivity index (χ1) is 16.1. The van der Waals surface area contributed by atoms with Crippen molar-refractivity contribution in [2.45, 2.75) is 19.5 Å². The van der Waals surface area contributed by atoms with Crippen LogP contribution in [-0.2, 0) is 29.2 Å². The number of anilines is 1. The molecule has 0 fully saturated rings. The molecular weight excluding hydrogens is 440 g/mol. The molecule has 1 aromatic carbocycles. The third-order valence-electron chi connectivity index (χ3n) is 4.89. The van der Waals surface area contributed by atoms with Crippen molar-refractivity contribution in [1.82, 2.24) is 19.1 Å². The predicted octanol–water partition coefficient (Wildman–Crippen LogP) is 2.79. The lowest BCUT2D eigenvalue weighted by Crippen LogP contribution is -2.32. The van der Waals surface area contributed by atoms with Gasteiger partial charge < -0.3 is 15.0 Å². The van der Waals surface area contributed by atoms with Crippen molar-refractivity contribution in [3.8, 4) is 5.69 Å². The summed E-state index contributed by atoms with van der Waals surface area (Å²) in [7, 11) is 0. The van der Waals surface area contributed by atoms with Crippen molar-refractivity contribution in [2.75, 3.05) is 18.4 Å². The molecule has 1 aliphatic rings. The summed E-state index contributed by atoms with van der Waals surface area (Å²) in [5.74, 6) is -0.505. The Morgan fingerprint density at radius 2 is 2.03 bits per heavy atom. The minimum Gasteiger partial charge on any atom is -0.593 e. The molecule has 0 amide bonds. The number of nitrogens with zero attached hydrogens (tertiary/aromatic N) is 5. The molecule has 170 valence electrons. The first-order valence-electron chi connectivity index (χ1n) is 10.5. The maximum atomic E-state index is 13.4. The molecule has 2 aromatic heterocycles. The van der Waals surface area contributed by atoms with Gasteiger partial charge in [0, 0.05) is 18.9 Å². The van der Waals surface area contributed by atoms with Crippen molar-refractivity contribution in [1.29, 1.82) is 0 Å². The van der Waals surface area contributed by atoms with Crippen LogP contribution in [0.5, 0.6) is 0 Å². The lowest BCUT2D eigenvalue weighted by atomic mass is 10.2. The van der Waals surface area contributed by atoms with Crippen LogP contribution in [0.15, 0.2) is 76.9 Å². The first-order valence-corrected chi connectivity index (χ1v) is 11.6. The molecule has 0 saturated heterocycles. The third kappa shape index (κ3) is 6.28. The van der Waals surface area contributed by atoms with Crippen LogP contribution in [-0.4, -0.2) is 54.0 Å². The van der Waals surface area contributed by atoms with Crippen LogP contribution in [0.4, 0.5) is 5.82 Å². The van der Waals surface area contributed by atoms with Gasteiger partial charge in [0.2, 0.25) is 0 Å². The maximum Gasteiger partial charge on any atom is 0.322 e. The summed E-state index contributed by atoms with van der Waals surface area (Å²) in [5.41, 5.74) is 2.62. The number of benzene rings is 1. The van der Waals surface area contributed by atoms with E-state index in [1.807, 2.05) is 53.0 Å². The average Bonchev–Trinajstić information content (AvgIpc) is 3.38. The molecule has 3 heterocycles. The van der Waals surface area contributed by atoms with Gasteiger partial charge in [0.1, 0.15) is 12.4 Å². The molecule has 33 heavy (non-hydrogen) atoms. The van der Waals surface area contributed by atoms with E-state index in [9.17, 15) is 9.35 Å². The van der Waals surface area contributed by atoms with Gasteiger partial charge in [0.25, 0.3) is 0 Å². The number of aromatic nitrogens is 3. The van der Waals surface area contributed by atoms with Crippen molar-refractivity contribution in [3.63, 3.8) is 0 Å². The largest absolute Gasteiger partial charge is 0.593 e. The van der Waals surface area contributed by atoms with Crippen LogP contribution in [0.25, 0.3) is 5.69 Å². The van der Waals surface area contributed by atoms with Crippen LogP contribution in [0.2, 0.25) is 0 Å². The summed E-state index contributed by atoms with van der Waals surface area (Å²) in [6.45, 7) is 1.24. The molecule has 3 aromatic rings. The Balaban J connectivity index is 1.53. The lowest BCUT2D eigenvalue weighted by molar-refractivity contribution is -0.134. The van der Waals surface area contributed by atoms with Crippen LogP contribution in [0.3, 0.4) is 0 Å². The monoisotopic (exact) mass is 464 g/mol. The zero-order valence-electron chi connectivity index (χ0n) is 17.9. The first kappa shape index (κ1) is 22.7. The molecule has 1 atom stereocenters. The number of pyridine rings is 1. The molecule has 4 rings (SSSR count). The number of nitrogens with one attached hydrogen (secondary N) is 1. The highest BCUT2D eigenvalue weighted by atomic mass is 32.2. The van der Waals surface area contributed by atoms with Gasteiger partial charge in [-0.25, -0.2) is 9.67 Å². The second-order valence-corrected chi connectivity index (χ2v) is 8.84. The quantitative estimate of drug-likeness (QED) is 0.443. The van der Waals surface area contributed by atoms with Crippen LogP contribution >= 0.6 is 0 Å². The summed E-state index contributed by atoms with van der Waals surface area (Å²) in [4.78, 5) is 20.3. The summed E-state index contributed by atoms with van der Waals surface area (Å²) in [6.07, 6.45) is 7.99. The zero-order chi connectivity index (χ0) is 23.0. The SMILES string of the molecule is O=C(O)CNc1cccc(CN(Cc2ccc(-n3cccn3)cc2)[S+]([O-])C2=CCCN=C2)n1. The number of hydrogen-bond donors (Lipinski definition) is 2. The van der Waals surface area contributed by atoms with Crippen LogP contribution in [0.1, 0.15) is 17.7 Å². The fourth-order valence-corrected chi connectivity index (χ4v) is 4.56. The number of aliphatic carboxylic acids is 1. The molecule has 1 unspecified atom stereocenters. The van der Waals surface area contributed by atoms with E-state index in [0.717, 1.165) is 17.7 Å². The van der Waals surface area contributed by atoms with E-state index in [1.165, 1.54) is 0 Å². The Kier molecular flexibility index (Phi) is 7.51. The highest BCUT2D eigenvalue weighted by Gasteiger charge is 2.26. The molecule has 0 radical (unpaired) electrons. The molecule has 10 heteroatoms. The number of carboxylic acid groups (broad SMARTS) is 1. The maximum absolute atomic E-state index is 13.4. The normalized spacial score (nSPS) is 14.2. The number of dihydropyridines is 1. The Hall–Kier alpha value is -3.47. The van der Waals surface area contributed by atoms with Gasteiger partial charge in [-0.3, -0.25) is 9.79 Å². The fraction of sp³-hybridized carbons (Fsp3) is 0.217. The Morgan fingerprint density at radius 3 is 2.73 bits per heavy atom. The lowest BCUT2D eigenvalue weighted by Gasteiger charge is -2.25. The number of carboxylic acids is 1. The molecular formula is C23H24N6O3S. The van der Waals surface area contributed by atoms with E-state index < -0.39 is 17.3 Å². The number of hydrogen-bond acceptors (Lipinski definition) is 7. The second kappa shape index (κ2) is 10.9. The highest BCUT2D eigenvalue weighted by Crippen LogP contribution is 2.22. The molecule has 2 N–H and O–H groups in total.